The summed E-state index contributed by atoms with van der Waals surface area (Å²) in [6, 6.07) is 43.1. The molecule has 0 saturated heterocycles. The maximum atomic E-state index is 8.03. The molecule has 0 aliphatic rings. The first kappa shape index (κ1) is 92.9. The average Bonchev–Trinajstić information content (AvgIpc) is 1.63. The van der Waals surface area contributed by atoms with Crippen LogP contribution >= 0.6 is 102 Å². The second-order valence-corrected chi connectivity index (χ2v) is 35.7. The van der Waals surface area contributed by atoms with Crippen LogP contribution in [0, 0.1) is 79.5 Å². The molecule has 5 aromatic carbocycles. The van der Waals surface area contributed by atoms with Gasteiger partial charge in [0.1, 0.15) is 30.0 Å². The molecule has 35 heteroatoms. The van der Waals surface area contributed by atoms with Gasteiger partial charge in [-0.05, 0) is 190 Å². The number of hydrogen-bond acceptors (Lipinski definition) is 23. The summed E-state index contributed by atoms with van der Waals surface area (Å²) < 4.78 is 16.3. The summed E-state index contributed by atoms with van der Waals surface area (Å²) in [5.74, 6) is 14.5. The minimum absolute atomic E-state index is 0.195. The fourth-order valence-electron chi connectivity index (χ4n) is 13.2. The molecule has 0 fully saturated rings. The Labute approximate surface area is 783 Å². The standard InChI is InChI=1S/2C20H18N6S.2C18H18BrN5S.C17H16ClN5S/c1-2-3-4-13-26-14-22-18(21)17-19(26)24-20(23-17)27-16-9-7-15(8-10-16)25-11-5-6-12-25;1-2-3-4-13-26-19-17(18(21)22-14-23-19)24-20(26)27-16-9-7-15(8-10-16)25-11-5-6-12-25;1-3-5-6-9-24-11-21-16(20)15-17(24)23-18(22-15)25-14-8-7-13(19)10-12(14)4-2;1-3-5-6-9-24-17-15(16(20)21-11-22-17)23-18(24)25-14-8-7-13(19)10-12(14)4-2;1-3-4-5-8-23-16-14(15(19)20-10-21-16)22-17(23)24-13-7-6-11(2)9-12(13)18/h1,5-12,14,21H,3-4,13H2,(H,23,24);1,5-12,14H,3-4,13H2,(H2,21,22,23);1,7-8,10-11,20H,4-6,9H2,2H3,(H,22,23);1,7-8,10-11H,4-6,9H2,2H3,(H2,20,21,22);1,6-7,9-10H,4-5,8H2,2H3,(H2,19,20,21). The smallest absolute Gasteiger partial charge is 0.175 e. The molecule has 17 rings (SSSR count). The summed E-state index contributed by atoms with van der Waals surface area (Å²) in [4.78, 5) is 68.7. The van der Waals surface area contributed by atoms with E-state index in [2.05, 4.69) is 231 Å². The van der Waals surface area contributed by atoms with Crippen molar-refractivity contribution in [1.82, 2.24) is 107 Å². The Bertz CT molecular complexity index is 7060. The third kappa shape index (κ3) is 23.7. The second-order valence-electron chi connectivity index (χ2n) is 28.3. The minimum atomic E-state index is 0.195. The number of nitrogens with zero attached hydrogens (tertiary/aromatic N) is 20. The number of nitrogens with one attached hydrogen (secondary N) is 4. The number of halogens is 3. The Hall–Kier alpha value is -12.8. The fraction of sp³-hybridized carbons (Fsp3) is 0.215. The van der Waals surface area contributed by atoms with Crippen molar-refractivity contribution in [2.45, 2.75) is 181 Å². The number of benzene rings is 5. The van der Waals surface area contributed by atoms with E-state index in [1.165, 1.54) is 58.5 Å². The number of aromatic nitrogens is 22. The van der Waals surface area contributed by atoms with Crippen LogP contribution in [-0.4, -0.2) is 107 Å². The fourth-order valence-corrected chi connectivity index (χ4v) is 19.0. The predicted octanol–water partition coefficient (Wildman–Crippen LogP) is 19.7. The topological polar surface area (TPSA) is 359 Å². The maximum absolute atomic E-state index is 8.03. The van der Waals surface area contributed by atoms with Gasteiger partial charge in [0.05, 0.1) is 17.7 Å². The van der Waals surface area contributed by atoms with E-state index < -0.39 is 0 Å². The van der Waals surface area contributed by atoms with Gasteiger partial charge >= 0.3 is 0 Å². The monoisotopic (exact) mass is 1940 g/mol. The second kappa shape index (κ2) is 45.6. The van der Waals surface area contributed by atoms with E-state index in [1.807, 2.05) is 100 Å². The highest BCUT2D eigenvalue weighted by Gasteiger charge is 2.22. The zero-order chi connectivity index (χ0) is 90.0. The molecular formula is C93H88Br2ClN27S5. The summed E-state index contributed by atoms with van der Waals surface area (Å²) in [5.41, 5.74) is 31.0. The zero-order valence-electron chi connectivity index (χ0n) is 70.1. The van der Waals surface area contributed by atoms with Crippen LogP contribution in [0.4, 0.5) is 17.5 Å². The van der Waals surface area contributed by atoms with Gasteiger partial charge in [0.25, 0.3) is 0 Å². The molecule has 0 aliphatic carbocycles. The van der Waals surface area contributed by atoms with E-state index in [9.17, 15) is 0 Å². The zero-order valence-corrected chi connectivity index (χ0v) is 78.1. The van der Waals surface area contributed by atoms with Gasteiger partial charge in [-0.3, -0.25) is 10.8 Å². The Balaban J connectivity index is 0.000000137. The molecule has 0 atom stereocenters. The van der Waals surface area contributed by atoms with Gasteiger partial charge in [-0.2, -0.15) is 0 Å². The van der Waals surface area contributed by atoms with Crippen molar-refractivity contribution in [3.63, 3.8) is 0 Å². The molecular weight excluding hydrogens is 1850 g/mol. The highest BCUT2D eigenvalue weighted by atomic mass is 79.9. The molecule has 12 heterocycles. The van der Waals surface area contributed by atoms with Crippen molar-refractivity contribution >= 4 is 176 Å². The van der Waals surface area contributed by atoms with E-state index in [1.54, 1.807) is 47.9 Å². The first-order valence-corrected chi connectivity index (χ1v) is 46.7. The third-order valence-corrected chi connectivity index (χ3v) is 26.0. The van der Waals surface area contributed by atoms with Crippen molar-refractivity contribution in [3.8, 4) is 73.1 Å². The Morgan fingerprint density at radius 2 is 0.773 bits per heavy atom. The number of nitrogens with two attached hydrogens (primary N) is 3. The van der Waals surface area contributed by atoms with Gasteiger partial charge in [-0.15, -0.1) is 61.7 Å². The molecule has 0 unspecified atom stereocenters. The quantitative estimate of drug-likeness (QED) is 0.0169. The van der Waals surface area contributed by atoms with E-state index in [4.69, 9.17) is 81.7 Å². The van der Waals surface area contributed by atoms with Gasteiger partial charge in [0, 0.05) is 134 Å². The van der Waals surface area contributed by atoms with E-state index >= 15 is 0 Å². The van der Waals surface area contributed by atoms with E-state index in [0.29, 0.717) is 94.4 Å². The number of H-pyrrole nitrogens is 2. The number of rotatable bonds is 29. The van der Waals surface area contributed by atoms with Gasteiger partial charge in [0.15, 0.2) is 99.0 Å². The number of nitrogen functional groups attached to an aromatic ring is 3. The molecule has 0 radical (unpaired) electrons. The molecule has 0 amide bonds. The van der Waals surface area contributed by atoms with Crippen molar-refractivity contribution in [2.75, 3.05) is 17.2 Å². The SMILES string of the molecule is C#CCCCn1c(Sc2ccc(-n3cccc3)cc2)nc2c(N)ncnc21.C#CCCCn1c(Sc2ccc(Br)cc2CC)nc2c(N)ncnc21.C#CCCCn1c(Sc2ccc(C)cc2Cl)nc2c(N)ncnc21.C#CCCCn1cnc(=N)c2[nH]c(Sc3ccc(-n4cccc4)cc3)nc21.C#CCCCn1cnc(=N)c2[nH]c(Sc3ccc(Br)cc3CC)nc21. The number of anilines is 3. The van der Waals surface area contributed by atoms with Crippen molar-refractivity contribution in [3.05, 3.63) is 225 Å². The van der Waals surface area contributed by atoms with Crippen LogP contribution in [0.5, 0.6) is 0 Å². The van der Waals surface area contributed by atoms with E-state index in [-0.39, 0.29) is 11.0 Å². The summed E-state index contributed by atoms with van der Waals surface area (Å²) >= 11 is 21.2. The average molecular weight is 1940 g/mol. The number of fused-ring (bicyclic) bond motifs is 5. The molecule has 646 valence electrons. The predicted molar refractivity (Wildman–Crippen MR) is 520 cm³/mol. The van der Waals surface area contributed by atoms with Crippen molar-refractivity contribution < 1.29 is 0 Å². The summed E-state index contributed by atoms with van der Waals surface area (Å²) in [6.45, 7) is 9.95. The van der Waals surface area contributed by atoms with Crippen LogP contribution in [0.25, 0.3) is 67.2 Å². The molecule has 0 aliphatic heterocycles. The van der Waals surface area contributed by atoms with Crippen LogP contribution in [0.1, 0.15) is 94.7 Å². The lowest BCUT2D eigenvalue weighted by atomic mass is 10.2. The van der Waals surface area contributed by atoms with Crippen LogP contribution < -0.4 is 28.2 Å². The Kier molecular flexibility index (Phi) is 33.1. The van der Waals surface area contributed by atoms with Crippen LogP contribution in [0.2, 0.25) is 5.02 Å². The number of aryl methyl sites for hydroxylation is 8. The molecule has 0 saturated carbocycles. The van der Waals surface area contributed by atoms with Gasteiger partial charge in [-0.25, -0.2) is 64.8 Å². The molecule has 12 aromatic heterocycles. The maximum Gasteiger partial charge on any atom is 0.175 e. The number of imidazole rings is 5. The molecule has 0 spiro atoms. The first-order valence-electron chi connectivity index (χ1n) is 40.6. The van der Waals surface area contributed by atoms with Gasteiger partial charge < -0.3 is 59.1 Å². The lowest BCUT2D eigenvalue weighted by molar-refractivity contribution is 0.615. The molecule has 17 aromatic rings. The normalized spacial score (nSPS) is 10.9. The van der Waals surface area contributed by atoms with Crippen LogP contribution in [0.15, 0.2) is 243 Å². The Morgan fingerprint density at radius 1 is 0.414 bits per heavy atom. The van der Waals surface area contributed by atoms with Crippen molar-refractivity contribution in [2.24, 2.45) is 0 Å². The summed E-state index contributed by atoms with van der Waals surface area (Å²) in [7, 11) is 0. The number of hydrogen-bond donors (Lipinski definition) is 7. The van der Waals surface area contributed by atoms with Crippen LogP contribution in [0.3, 0.4) is 0 Å². The summed E-state index contributed by atoms with van der Waals surface area (Å²) in [6.07, 6.45) is 52.2. The lowest BCUT2D eigenvalue weighted by Crippen LogP contribution is -2.12. The van der Waals surface area contributed by atoms with Gasteiger partial charge in [0.2, 0.25) is 0 Å². The molecule has 128 heavy (non-hydrogen) atoms. The number of unbranched alkanes of at least 4 members (excludes halogenated alkanes) is 5. The van der Waals surface area contributed by atoms with E-state index in [0.717, 1.165) is 165 Å². The molecule has 0 bridgehead atoms. The highest BCUT2D eigenvalue weighted by Crippen LogP contribution is 2.39. The van der Waals surface area contributed by atoms with Crippen LogP contribution in [-0.2, 0) is 45.6 Å². The first-order chi connectivity index (χ1) is 62.3. The van der Waals surface area contributed by atoms with Gasteiger partial charge in [-0.1, -0.05) is 122 Å². The number of terminal acetylenes is 5. The summed E-state index contributed by atoms with van der Waals surface area (Å²) in [5, 5.41) is 20.7. The molecule has 27 nitrogen and oxygen atoms in total. The number of aromatic amines is 2. The van der Waals surface area contributed by atoms with Crippen molar-refractivity contribution in [1.29, 1.82) is 10.8 Å². The molecule has 10 N–H and O–H groups in total. The largest absolute Gasteiger partial charge is 0.382 e. The third-order valence-electron chi connectivity index (χ3n) is 19.5. The minimum Gasteiger partial charge on any atom is -0.382 e. The lowest BCUT2D eigenvalue weighted by Gasteiger charge is -2.10. The highest BCUT2D eigenvalue weighted by molar-refractivity contribution is 9.10. The Morgan fingerprint density at radius 3 is 1.16 bits per heavy atom.